The van der Waals surface area contributed by atoms with E-state index in [1.165, 1.54) is 0 Å². The van der Waals surface area contributed by atoms with Crippen LogP contribution in [0.5, 0.6) is 0 Å². The summed E-state index contributed by atoms with van der Waals surface area (Å²) in [6.07, 6.45) is 0. The minimum atomic E-state index is 0.191. The number of benzene rings is 2. The van der Waals surface area contributed by atoms with Crippen LogP contribution in [0.15, 0.2) is 42.5 Å². The summed E-state index contributed by atoms with van der Waals surface area (Å²) in [5.41, 5.74) is 6.67. The maximum absolute atomic E-state index is 5.73. The highest BCUT2D eigenvalue weighted by molar-refractivity contribution is 5.94. The van der Waals surface area contributed by atoms with Crippen molar-refractivity contribution in [2.45, 2.75) is 0 Å². The Hall–Kier alpha value is -2.89. The van der Waals surface area contributed by atoms with Gasteiger partial charge in [-0.15, -0.1) is 0 Å². The van der Waals surface area contributed by atoms with Crippen molar-refractivity contribution >= 4 is 34.3 Å². The van der Waals surface area contributed by atoms with Crippen molar-refractivity contribution in [3.8, 4) is 0 Å². The summed E-state index contributed by atoms with van der Waals surface area (Å²) in [4.78, 5) is 14.3. The topological polar surface area (TPSA) is 80.0 Å². The summed E-state index contributed by atoms with van der Waals surface area (Å²) in [5.74, 6) is 1.14. The van der Waals surface area contributed by atoms with E-state index in [2.05, 4.69) is 38.5 Å². The normalized spacial score (nSPS) is 10.6. The predicted molar refractivity (Wildman–Crippen MR) is 85.8 cm³/mol. The first-order chi connectivity index (χ1) is 10.1. The number of fused-ring (bicyclic) bond motifs is 1. The highest BCUT2D eigenvalue weighted by Gasteiger charge is 2.07. The second-order valence-corrected chi connectivity index (χ2v) is 4.86. The minimum absolute atomic E-state index is 0.191. The fraction of sp³-hybridized carbons (Fsp3) is 0.133. The molecule has 0 saturated heterocycles. The number of nitrogens with one attached hydrogen (secondary N) is 1. The molecule has 0 spiro atoms. The molecule has 0 amide bonds. The van der Waals surface area contributed by atoms with E-state index in [1.54, 1.807) is 4.90 Å². The number of hydrogen-bond acceptors (Lipinski definition) is 6. The van der Waals surface area contributed by atoms with Crippen LogP contribution in [0.2, 0.25) is 0 Å². The molecule has 0 bridgehead atoms. The van der Waals surface area contributed by atoms with Crippen LogP contribution in [0, 0.1) is 0 Å². The van der Waals surface area contributed by atoms with Crippen LogP contribution in [0.4, 0.5) is 23.5 Å². The van der Waals surface area contributed by atoms with Crippen molar-refractivity contribution in [3.05, 3.63) is 42.5 Å². The quantitative estimate of drug-likeness (QED) is 0.767. The lowest BCUT2D eigenvalue weighted by Crippen LogP contribution is -2.15. The highest BCUT2D eigenvalue weighted by Crippen LogP contribution is 2.25. The SMILES string of the molecule is CN(C)c1nc(N)nc(Nc2cccc3ccccc23)n1. The molecule has 3 aromatic rings. The fourth-order valence-corrected chi connectivity index (χ4v) is 2.09. The molecule has 21 heavy (non-hydrogen) atoms. The molecule has 0 atom stereocenters. The lowest BCUT2D eigenvalue weighted by Gasteiger charge is -2.13. The number of nitrogens with two attached hydrogens (primary N) is 1. The van der Waals surface area contributed by atoms with Crippen LogP contribution in [0.1, 0.15) is 0 Å². The van der Waals surface area contributed by atoms with E-state index < -0.39 is 0 Å². The van der Waals surface area contributed by atoms with Gasteiger partial charge in [0.2, 0.25) is 17.8 Å². The third kappa shape index (κ3) is 2.69. The maximum Gasteiger partial charge on any atom is 0.233 e. The fourth-order valence-electron chi connectivity index (χ4n) is 2.09. The summed E-state index contributed by atoms with van der Waals surface area (Å²) in [5, 5.41) is 5.47. The molecule has 3 rings (SSSR count). The van der Waals surface area contributed by atoms with Gasteiger partial charge in [0.15, 0.2) is 0 Å². The second kappa shape index (κ2) is 5.24. The third-order valence-electron chi connectivity index (χ3n) is 3.08. The lowest BCUT2D eigenvalue weighted by atomic mass is 10.1. The number of nitrogen functional groups attached to an aromatic ring is 1. The zero-order valence-electron chi connectivity index (χ0n) is 11.9. The van der Waals surface area contributed by atoms with E-state index in [4.69, 9.17) is 5.73 Å². The standard InChI is InChI=1S/C15H16N6/c1-21(2)15-19-13(16)18-14(20-15)17-12-9-5-7-10-6-3-4-8-11(10)12/h3-9H,1-2H3,(H3,16,17,18,19,20). The van der Waals surface area contributed by atoms with Gasteiger partial charge in [0, 0.05) is 25.2 Å². The zero-order valence-corrected chi connectivity index (χ0v) is 11.9. The van der Waals surface area contributed by atoms with Crippen molar-refractivity contribution in [2.75, 3.05) is 30.0 Å². The highest BCUT2D eigenvalue weighted by atomic mass is 15.3. The van der Waals surface area contributed by atoms with E-state index >= 15 is 0 Å². The van der Waals surface area contributed by atoms with Gasteiger partial charge in [0.1, 0.15) is 0 Å². The molecule has 0 aliphatic carbocycles. The Morgan fingerprint density at radius 3 is 2.52 bits per heavy atom. The van der Waals surface area contributed by atoms with E-state index in [0.717, 1.165) is 16.5 Å². The Balaban J connectivity index is 2.03. The van der Waals surface area contributed by atoms with Crippen LogP contribution in [-0.4, -0.2) is 29.0 Å². The van der Waals surface area contributed by atoms with Gasteiger partial charge in [-0.25, -0.2) is 0 Å². The van der Waals surface area contributed by atoms with Crippen LogP contribution in [0.3, 0.4) is 0 Å². The molecule has 0 radical (unpaired) electrons. The Kier molecular flexibility index (Phi) is 3.27. The van der Waals surface area contributed by atoms with Gasteiger partial charge in [0.05, 0.1) is 0 Å². The molecule has 0 fully saturated rings. The maximum atomic E-state index is 5.73. The van der Waals surface area contributed by atoms with Gasteiger partial charge in [0.25, 0.3) is 0 Å². The molecule has 0 saturated carbocycles. The Morgan fingerprint density at radius 2 is 1.71 bits per heavy atom. The van der Waals surface area contributed by atoms with Crippen LogP contribution in [-0.2, 0) is 0 Å². The summed E-state index contributed by atoms with van der Waals surface area (Å²) in [7, 11) is 3.72. The number of nitrogens with zero attached hydrogens (tertiary/aromatic N) is 4. The van der Waals surface area contributed by atoms with E-state index in [0.29, 0.717) is 11.9 Å². The first kappa shape index (κ1) is 13.1. The number of anilines is 4. The molecule has 106 valence electrons. The molecule has 1 heterocycles. The van der Waals surface area contributed by atoms with Crippen LogP contribution in [0.25, 0.3) is 10.8 Å². The van der Waals surface area contributed by atoms with Gasteiger partial charge in [-0.3, -0.25) is 0 Å². The van der Waals surface area contributed by atoms with Crippen molar-refractivity contribution in [2.24, 2.45) is 0 Å². The van der Waals surface area contributed by atoms with Gasteiger partial charge in [-0.2, -0.15) is 15.0 Å². The van der Waals surface area contributed by atoms with E-state index in [9.17, 15) is 0 Å². The smallest absolute Gasteiger partial charge is 0.233 e. The molecule has 6 heteroatoms. The van der Waals surface area contributed by atoms with E-state index in [-0.39, 0.29) is 5.95 Å². The first-order valence-electron chi connectivity index (χ1n) is 6.57. The average Bonchev–Trinajstić information content (AvgIpc) is 2.47. The molecular formula is C15H16N6. The molecule has 0 aliphatic heterocycles. The molecule has 1 aromatic heterocycles. The van der Waals surface area contributed by atoms with Crippen molar-refractivity contribution in [1.29, 1.82) is 0 Å². The van der Waals surface area contributed by atoms with Crippen molar-refractivity contribution < 1.29 is 0 Å². The molecule has 3 N–H and O–H groups in total. The molecule has 6 nitrogen and oxygen atoms in total. The van der Waals surface area contributed by atoms with Crippen LogP contribution < -0.4 is 16.0 Å². The lowest BCUT2D eigenvalue weighted by molar-refractivity contribution is 0.970. The second-order valence-electron chi connectivity index (χ2n) is 4.86. The largest absolute Gasteiger partial charge is 0.368 e. The van der Waals surface area contributed by atoms with Crippen LogP contribution >= 0.6 is 0 Å². The Bertz CT molecular complexity index is 779. The molecule has 0 unspecified atom stereocenters. The molecule has 0 aliphatic rings. The van der Waals surface area contributed by atoms with Crippen molar-refractivity contribution in [3.63, 3.8) is 0 Å². The van der Waals surface area contributed by atoms with Crippen molar-refractivity contribution in [1.82, 2.24) is 15.0 Å². The summed E-state index contributed by atoms with van der Waals surface area (Å²) in [6, 6.07) is 14.2. The summed E-state index contributed by atoms with van der Waals surface area (Å²) < 4.78 is 0. The number of hydrogen-bond donors (Lipinski definition) is 2. The average molecular weight is 280 g/mol. The Morgan fingerprint density at radius 1 is 0.952 bits per heavy atom. The predicted octanol–water partition coefficient (Wildman–Crippen LogP) is 2.42. The molecule has 2 aromatic carbocycles. The number of rotatable bonds is 3. The van der Waals surface area contributed by atoms with Gasteiger partial charge in [-0.1, -0.05) is 36.4 Å². The van der Waals surface area contributed by atoms with Gasteiger partial charge >= 0.3 is 0 Å². The zero-order chi connectivity index (χ0) is 14.8. The minimum Gasteiger partial charge on any atom is -0.368 e. The van der Waals surface area contributed by atoms with Gasteiger partial charge in [-0.05, 0) is 11.5 Å². The first-order valence-corrected chi connectivity index (χ1v) is 6.57. The third-order valence-corrected chi connectivity index (χ3v) is 3.08. The van der Waals surface area contributed by atoms with E-state index in [1.807, 2.05) is 38.4 Å². The molecular weight excluding hydrogens is 264 g/mol. The monoisotopic (exact) mass is 280 g/mol. The van der Waals surface area contributed by atoms with Gasteiger partial charge < -0.3 is 16.0 Å². The Labute approximate surface area is 122 Å². The summed E-state index contributed by atoms with van der Waals surface area (Å²) >= 11 is 0. The summed E-state index contributed by atoms with van der Waals surface area (Å²) in [6.45, 7) is 0. The number of aromatic nitrogens is 3.